The van der Waals surface area contributed by atoms with Crippen LogP contribution in [-0.4, -0.2) is 95.2 Å². The Morgan fingerprint density at radius 2 is 1.78 bits per heavy atom. The third kappa shape index (κ3) is 6.25. The van der Waals surface area contributed by atoms with Gasteiger partial charge in [-0.15, -0.1) is 11.8 Å². The summed E-state index contributed by atoms with van der Waals surface area (Å²) in [6.07, 6.45) is 8.79. The topological polar surface area (TPSA) is 137 Å². The summed E-state index contributed by atoms with van der Waals surface area (Å²) in [5.41, 5.74) is 7.16. The molecule has 8 rings (SSSR count). The Hall–Kier alpha value is -1.27. The van der Waals surface area contributed by atoms with Gasteiger partial charge in [0.1, 0.15) is 12.4 Å². The predicted octanol–water partition coefficient (Wildman–Crippen LogP) is 6.77. The van der Waals surface area contributed by atoms with Crippen LogP contribution in [0.4, 0.5) is 0 Å². The van der Waals surface area contributed by atoms with Gasteiger partial charge in [0.15, 0.2) is 21.5 Å². The van der Waals surface area contributed by atoms with Crippen LogP contribution in [0.1, 0.15) is 78.6 Å². The summed E-state index contributed by atoms with van der Waals surface area (Å²) in [4.78, 5) is 29.5. The van der Waals surface area contributed by atoms with Crippen molar-refractivity contribution in [1.82, 2.24) is 0 Å². The summed E-state index contributed by atoms with van der Waals surface area (Å²) in [7, 11) is -4.15. The summed E-state index contributed by atoms with van der Waals surface area (Å²) in [5, 5.41) is 0. The van der Waals surface area contributed by atoms with E-state index in [9.17, 15) is 9.59 Å². The molecule has 8 aliphatic rings. The van der Waals surface area contributed by atoms with Crippen LogP contribution in [0.3, 0.4) is 0 Å². The first-order chi connectivity index (χ1) is 25.2. The molecule has 14 heteroatoms. The number of carbonyl (C=O) groups excluding carboxylic acids is 2. The molecule has 302 valence electrons. The summed E-state index contributed by atoms with van der Waals surface area (Å²) in [5.74, 6) is 0.709. The summed E-state index contributed by atoms with van der Waals surface area (Å²) in [6, 6.07) is 0. The average molecular weight is 805 g/mol. The van der Waals surface area contributed by atoms with Gasteiger partial charge in [0.2, 0.25) is 12.1 Å². The summed E-state index contributed by atoms with van der Waals surface area (Å²) in [6.45, 7) is 21.0. The number of hydrogen-bond acceptors (Lipinski definition) is 12. The highest BCUT2D eigenvalue weighted by molar-refractivity contribution is 8.01. The molecular formula is C40H64N2O9SSi2. The van der Waals surface area contributed by atoms with Gasteiger partial charge in [0, 0.05) is 36.9 Å². The number of ether oxygens (including phenoxy) is 5. The molecular weight excluding hydrogens is 741 g/mol. The van der Waals surface area contributed by atoms with E-state index in [1.165, 1.54) is 6.92 Å². The molecule has 6 fully saturated rings. The number of hydrogen-bond donors (Lipinski definition) is 1. The molecule has 1 spiro atoms. The molecule has 0 aromatic carbocycles. The minimum absolute atomic E-state index is 0.0483. The van der Waals surface area contributed by atoms with Gasteiger partial charge in [0.05, 0.1) is 30.7 Å². The van der Waals surface area contributed by atoms with Gasteiger partial charge < -0.3 is 38.3 Å². The highest BCUT2D eigenvalue weighted by Crippen LogP contribution is 2.74. The Morgan fingerprint density at radius 3 is 2.43 bits per heavy atom. The van der Waals surface area contributed by atoms with E-state index < -0.39 is 33.6 Å². The van der Waals surface area contributed by atoms with Crippen molar-refractivity contribution in [1.29, 1.82) is 0 Å². The molecule has 0 aromatic heterocycles. The maximum Gasteiger partial charge on any atom is 0.331 e. The Kier molecular flexibility index (Phi) is 9.81. The largest absolute Gasteiger partial charge is 0.465 e. The van der Waals surface area contributed by atoms with Crippen molar-refractivity contribution in [2.75, 3.05) is 25.6 Å². The van der Waals surface area contributed by atoms with Crippen molar-refractivity contribution in [2.24, 2.45) is 50.6 Å². The molecule has 11 nitrogen and oxygen atoms in total. The van der Waals surface area contributed by atoms with Crippen LogP contribution in [0, 0.1) is 39.9 Å². The third-order valence-corrected chi connectivity index (χ3v) is 18.3. The molecule has 4 heterocycles. The lowest BCUT2D eigenvalue weighted by Crippen LogP contribution is -2.75. The number of fused-ring (bicyclic) bond motifs is 8. The van der Waals surface area contributed by atoms with Gasteiger partial charge in [-0.25, -0.2) is 9.79 Å². The predicted molar refractivity (Wildman–Crippen MR) is 212 cm³/mol. The molecule has 54 heavy (non-hydrogen) atoms. The van der Waals surface area contributed by atoms with Crippen molar-refractivity contribution >= 4 is 46.2 Å². The fourth-order valence-electron chi connectivity index (χ4n) is 12.9. The second-order valence-electron chi connectivity index (χ2n) is 20.2. The van der Waals surface area contributed by atoms with Gasteiger partial charge in [-0.3, -0.25) is 4.79 Å². The van der Waals surface area contributed by atoms with Crippen LogP contribution in [0.5, 0.6) is 0 Å². The highest BCUT2D eigenvalue weighted by atomic mass is 32.2. The first-order valence-electron chi connectivity index (χ1n) is 20.6. The number of thioether (sulfide) groups is 1. The molecule has 4 aliphatic heterocycles. The van der Waals surface area contributed by atoms with Gasteiger partial charge in [0.25, 0.3) is 0 Å². The number of nitrogens with two attached hydrogens (primary N) is 1. The van der Waals surface area contributed by atoms with Crippen LogP contribution in [0.15, 0.2) is 16.6 Å². The minimum atomic E-state index is -2.27. The molecule has 0 radical (unpaired) electrons. The zero-order valence-electron chi connectivity index (χ0n) is 34.0. The normalized spacial score (nSPS) is 47.1. The Balaban J connectivity index is 1.19. The number of carbonyl (C=O) groups is 2. The van der Waals surface area contributed by atoms with Crippen molar-refractivity contribution in [3.8, 4) is 0 Å². The summed E-state index contributed by atoms with van der Waals surface area (Å²) < 4.78 is 47.2. The van der Waals surface area contributed by atoms with E-state index in [-0.39, 0.29) is 58.3 Å². The Morgan fingerprint density at radius 1 is 1.00 bits per heavy atom. The number of esters is 2. The SMILES string of the molecule is CC(=O)OC[C@]12C[C@H]3OC4(O[Si](C)(C)C)[C@@H](O[C@H](C)C[C@@]45N=C(N)CS5)O[C@@H]3C[C@@H]1CC[C@@H]1[C@@H]2CC[C@]2(C)[C@@H](C3=CC(=O)OC3)CC[C@]12CO[Si](C)(C)C. The zero-order chi connectivity index (χ0) is 38.7. The first-order valence-corrected chi connectivity index (χ1v) is 28.4. The van der Waals surface area contributed by atoms with E-state index in [0.29, 0.717) is 49.5 Å². The third-order valence-electron chi connectivity index (χ3n) is 14.9. The fraction of sp³-hybridized carbons (Fsp3) is 0.875. The number of aliphatic imine (C=N–C) groups is 1. The van der Waals surface area contributed by atoms with Crippen molar-refractivity contribution in [3.63, 3.8) is 0 Å². The van der Waals surface area contributed by atoms with Gasteiger partial charge in [-0.05, 0) is 132 Å². The molecule has 4 saturated carbocycles. The first kappa shape index (κ1) is 39.6. The van der Waals surface area contributed by atoms with Crippen LogP contribution in [-0.2, 0) is 42.1 Å². The molecule has 13 atom stereocenters. The Bertz CT molecular complexity index is 1600. The highest BCUT2D eigenvalue weighted by Gasteiger charge is 2.74. The number of nitrogens with zero attached hydrogens (tertiary/aromatic N) is 1. The second kappa shape index (κ2) is 13.4. The molecule has 0 aromatic rings. The lowest BCUT2D eigenvalue weighted by molar-refractivity contribution is -0.440. The van der Waals surface area contributed by atoms with E-state index in [2.05, 4.69) is 53.1 Å². The number of amidine groups is 1. The molecule has 2 saturated heterocycles. The lowest BCUT2D eigenvalue weighted by Gasteiger charge is -2.68. The van der Waals surface area contributed by atoms with E-state index in [0.717, 1.165) is 57.1 Å². The number of rotatable bonds is 8. The van der Waals surface area contributed by atoms with Crippen LogP contribution >= 0.6 is 11.8 Å². The van der Waals surface area contributed by atoms with E-state index in [1.807, 2.05) is 0 Å². The monoisotopic (exact) mass is 804 g/mol. The minimum Gasteiger partial charge on any atom is -0.465 e. The maximum atomic E-state index is 12.8. The van der Waals surface area contributed by atoms with E-state index >= 15 is 0 Å². The number of cyclic esters (lactones) is 1. The molecule has 4 aliphatic carbocycles. The van der Waals surface area contributed by atoms with Crippen LogP contribution < -0.4 is 5.73 Å². The summed E-state index contributed by atoms with van der Waals surface area (Å²) >= 11 is 1.69. The van der Waals surface area contributed by atoms with Gasteiger partial charge in [-0.1, -0.05) is 6.92 Å². The zero-order valence-corrected chi connectivity index (χ0v) is 36.8. The van der Waals surface area contributed by atoms with Crippen LogP contribution in [0.2, 0.25) is 39.3 Å². The second-order valence-corrected chi connectivity index (χ2v) is 30.4. The van der Waals surface area contributed by atoms with E-state index in [4.69, 9.17) is 43.3 Å². The van der Waals surface area contributed by atoms with Gasteiger partial charge >= 0.3 is 11.9 Å². The molecule has 1 unspecified atom stereocenters. The molecule has 0 bridgehead atoms. The Labute approximate surface area is 328 Å². The van der Waals surface area contributed by atoms with Crippen molar-refractivity contribution < 1.29 is 42.1 Å². The van der Waals surface area contributed by atoms with Gasteiger partial charge in [-0.2, -0.15) is 0 Å². The fourth-order valence-corrected chi connectivity index (χ4v) is 16.3. The lowest BCUT2D eigenvalue weighted by atomic mass is 9.39. The van der Waals surface area contributed by atoms with Crippen LogP contribution in [0.25, 0.3) is 0 Å². The van der Waals surface area contributed by atoms with E-state index in [1.54, 1.807) is 17.8 Å². The smallest absolute Gasteiger partial charge is 0.331 e. The molecule has 0 amide bonds. The average Bonchev–Trinajstić information content (AvgIpc) is 3.75. The van der Waals surface area contributed by atoms with Crippen molar-refractivity contribution in [3.05, 3.63) is 11.6 Å². The maximum absolute atomic E-state index is 12.8. The standard InChI is InChI=1S/C40H64N2O9SSi2/c1-24-18-39(42-33(41)21-52-39)40(51-54(7,8)9)35(48-24)49-31-17-27-10-11-30-29(37(27,19-32(31)50-40)22-46-25(2)43)12-14-36(3)28(26-16-34(44)45-20-26)13-15-38(30,36)23-47-53(4,5)6/h16,24,27-32,35H,10-15,17-23H2,1-9H3,(H2,41,42)/t24-,27+,28-,29+,30-,31-,32-,35+,36-,37-,38+,39+,40?/m1/s1. The molecule has 2 N–H and O–H groups in total. The quantitative estimate of drug-likeness (QED) is 0.158. The van der Waals surface area contributed by atoms with Crippen molar-refractivity contribution in [2.45, 2.75) is 153 Å².